The number of benzene rings is 9. The molecule has 3 aromatic heterocycles. The van der Waals surface area contributed by atoms with E-state index in [0.717, 1.165) is 39.5 Å². The number of para-hydroxylation sites is 4. The van der Waals surface area contributed by atoms with Gasteiger partial charge in [-0.15, -0.1) is 0 Å². The van der Waals surface area contributed by atoms with Crippen LogP contribution in [-0.4, -0.2) is 14.1 Å². The number of nitrogens with zero attached hydrogens (tertiary/aromatic N) is 3. The van der Waals surface area contributed by atoms with Crippen LogP contribution in [0.2, 0.25) is 0 Å². The molecule has 9 aromatic carbocycles. The molecular formula is C56H39N3. The molecule has 59 heavy (non-hydrogen) atoms. The molecule has 278 valence electrons. The van der Waals surface area contributed by atoms with Gasteiger partial charge in [0.05, 0.1) is 33.5 Å². The highest BCUT2D eigenvalue weighted by molar-refractivity contribution is 6.14. The smallest absolute Gasteiger partial charge is 0.0716 e. The third-order valence-corrected chi connectivity index (χ3v) is 11.9. The Balaban J connectivity index is 0.00000397. The van der Waals surface area contributed by atoms with Gasteiger partial charge in [0.15, 0.2) is 0 Å². The van der Waals surface area contributed by atoms with Crippen LogP contribution >= 0.6 is 0 Å². The van der Waals surface area contributed by atoms with E-state index < -0.39 is 0 Å². The molecule has 0 atom stereocenters. The first-order valence-electron chi connectivity index (χ1n) is 19.9. The summed E-state index contributed by atoms with van der Waals surface area (Å²) < 4.78 is 4.76. The number of rotatable bonds is 5. The average Bonchev–Trinajstić information content (AvgIpc) is 3.82. The highest BCUT2D eigenvalue weighted by Crippen LogP contribution is 2.40. The van der Waals surface area contributed by atoms with Crippen molar-refractivity contribution >= 4 is 65.2 Å². The van der Waals surface area contributed by atoms with Gasteiger partial charge in [0.25, 0.3) is 0 Å². The summed E-state index contributed by atoms with van der Waals surface area (Å²) in [5, 5.41) is 9.94. The third kappa shape index (κ3) is 5.47. The maximum Gasteiger partial charge on any atom is 0.0716 e. The van der Waals surface area contributed by atoms with Crippen molar-refractivity contribution in [3.8, 4) is 45.0 Å². The first-order valence-corrected chi connectivity index (χ1v) is 19.9. The van der Waals surface area contributed by atoms with Crippen molar-refractivity contribution in [2.45, 2.75) is 7.43 Å². The van der Waals surface area contributed by atoms with E-state index in [9.17, 15) is 0 Å². The second-order valence-electron chi connectivity index (χ2n) is 15.2. The van der Waals surface area contributed by atoms with Crippen LogP contribution in [0.25, 0.3) is 110 Å². The third-order valence-electron chi connectivity index (χ3n) is 11.9. The van der Waals surface area contributed by atoms with Gasteiger partial charge in [0.1, 0.15) is 0 Å². The Labute approximate surface area is 342 Å². The maximum absolute atomic E-state index is 5.52. The van der Waals surface area contributed by atoms with Crippen LogP contribution in [-0.2, 0) is 0 Å². The molecule has 0 radical (unpaired) electrons. The average molecular weight is 754 g/mol. The van der Waals surface area contributed by atoms with Crippen molar-refractivity contribution in [2.24, 2.45) is 0 Å². The topological polar surface area (TPSA) is 22.8 Å². The highest BCUT2D eigenvalue weighted by atomic mass is 15.0. The zero-order valence-electron chi connectivity index (χ0n) is 31.5. The molecule has 12 rings (SSSR count). The fraction of sp³-hybridized carbons (Fsp3) is 0.0179. The molecule has 0 aliphatic heterocycles. The molecule has 0 N–H and O–H groups in total. The molecule has 0 saturated heterocycles. The van der Waals surface area contributed by atoms with Crippen molar-refractivity contribution in [1.82, 2.24) is 14.1 Å². The fourth-order valence-corrected chi connectivity index (χ4v) is 9.28. The summed E-state index contributed by atoms with van der Waals surface area (Å²) in [6.45, 7) is 0. The monoisotopic (exact) mass is 753 g/mol. The second-order valence-corrected chi connectivity index (χ2v) is 15.2. The van der Waals surface area contributed by atoms with E-state index in [1.165, 1.54) is 70.7 Å². The van der Waals surface area contributed by atoms with Gasteiger partial charge < -0.3 is 9.13 Å². The van der Waals surface area contributed by atoms with Crippen LogP contribution in [0, 0.1) is 0 Å². The largest absolute Gasteiger partial charge is 0.309 e. The van der Waals surface area contributed by atoms with Gasteiger partial charge in [-0.3, -0.25) is 0 Å². The van der Waals surface area contributed by atoms with Gasteiger partial charge in [0.2, 0.25) is 0 Å². The molecule has 0 bridgehead atoms. The predicted molar refractivity (Wildman–Crippen MR) is 251 cm³/mol. The molecule has 3 heteroatoms. The molecule has 0 aliphatic carbocycles. The standard InChI is InChI=1S/C55H35N3.CH4/c1-2-20-42-36(15-1)33-49(44-22-4-3-21-43(42)44)39-34-50(37-16-13-18-40(31-37)57-52-27-9-5-23-45(52)46-24-6-10-28-53(46)57)56-51(35-39)38-17-14-19-41(32-38)58-54-29-11-7-25-47(54)48-26-8-12-30-55(48)58;/h1-35H;1H4. The first kappa shape index (κ1) is 34.5. The lowest BCUT2D eigenvalue weighted by atomic mass is 9.92. The molecule has 0 fully saturated rings. The minimum atomic E-state index is 0. The number of fused-ring (bicyclic) bond motifs is 9. The van der Waals surface area contributed by atoms with Gasteiger partial charge in [0, 0.05) is 44.0 Å². The molecule has 3 heterocycles. The van der Waals surface area contributed by atoms with E-state index in [4.69, 9.17) is 4.98 Å². The van der Waals surface area contributed by atoms with Gasteiger partial charge in [-0.1, -0.05) is 153 Å². The van der Waals surface area contributed by atoms with E-state index in [1.807, 2.05) is 0 Å². The minimum Gasteiger partial charge on any atom is -0.309 e. The first-order chi connectivity index (χ1) is 28.8. The Morgan fingerprint density at radius 3 is 1.15 bits per heavy atom. The normalized spacial score (nSPS) is 11.6. The van der Waals surface area contributed by atoms with Crippen molar-refractivity contribution in [2.75, 3.05) is 0 Å². The van der Waals surface area contributed by atoms with Gasteiger partial charge in [-0.2, -0.15) is 0 Å². The van der Waals surface area contributed by atoms with Gasteiger partial charge in [-0.05, 0) is 99.4 Å². The Kier molecular flexibility index (Phi) is 8.02. The zero-order chi connectivity index (χ0) is 38.2. The number of pyridine rings is 1. The summed E-state index contributed by atoms with van der Waals surface area (Å²) >= 11 is 0. The van der Waals surface area contributed by atoms with Crippen LogP contribution < -0.4 is 0 Å². The van der Waals surface area contributed by atoms with E-state index in [2.05, 4.69) is 221 Å². The summed E-state index contributed by atoms with van der Waals surface area (Å²) in [6, 6.07) is 76.9. The summed E-state index contributed by atoms with van der Waals surface area (Å²) in [5.41, 5.74) is 13.3. The lowest BCUT2D eigenvalue weighted by molar-refractivity contribution is 1.17. The second kappa shape index (κ2) is 13.7. The van der Waals surface area contributed by atoms with Crippen molar-refractivity contribution in [3.63, 3.8) is 0 Å². The molecule has 12 aromatic rings. The number of hydrogen-bond donors (Lipinski definition) is 0. The maximum atomic E-state index is 5.52. The van der Waals surface area contributed by atoms with Crippen molar-refractivity contribution in [1.29, 1.82) is 0 Å². The van der Waals surface area contributed by atoms with Crippen LogP contribution in [0.5, 0.6) is 0 Å². The molecular weight excluding hydrogens is 715 g/mol. The summed E-state index contributed by atoms with van der Waals surface area (Å²) in [5.74, 6) is 0. The van der Waals surface area contributed by atoms with Crippen LogP contribution in [0.4, 0.5) is 0 Å². The SMILES string of the molecule is C.c1cc(-c2cc(-c3cc4ccccc4c4ccccc34)cc(-c3cccc(-n4c5ccccc5c5ccccc54)c3)n2)cc(-n2c3ccccc3c3ccccc32)c1. The highest BCUT2D eigenvalue weighted by Gasteiger charge is 2.17. The minimum absolute atomic E-state index is 0. The van der Waals surface area contributed by atoms with Crippen molar-refractivity contribution in [3.05, 3.63) is 212 Å². The number of aromatic nitrogens is 3. The fourth-order valence-electron chi connectivity index (χ4n) is 9.28. The van der Waals surface area contributed by atoms with Crippen LogP contribution in [0.3, 0.4) is 0 Å². The summed E-state index contributed by atoms with van der Waals surface area (Å²) in [6.07, 6.45) is 0. The van der Waals surface area contributed by atoms with Crippen molar-refractivity contribution < 1.29 is 0 Å². The molecule has 0 aliphatic rings. The predicted octanol–water partition coefficient (Wildman–Crippen LogP) is 15.2. The quantitative estimate of drug-likeness (QED) is 0.161. The molecule has 0 amide bonds. The van der Waals surface area contributed by atoms with Gasteiger partial charge >= 0.3 is 0 Å². The Morgan fingerprint density at radius 2 is 0.678 bits per heavy atom. The summed E-state index contributed by atoms with van der Waals surface area (Å²) in [4.78, 5) is 5.52. The lowest BCUT2D eigenvalue weighted by Crippen LogP contribution is -1.97. The van der Waals surface area contributed by atoms with Gasteiger partial charge in [-0.25, -0.2) is 4.98 Å². The number of hydrogen-bond acceptors (Lipinski definition) is 1. The Hall–Kier alpha value is -7.75. The van der Waals surface area contributed by atoms with E-state index in [1.54, 1.807) is 0 Å². The van der Waals surface area contributed by atoms with E-state index in [-0.39, 0.29) is 7.43 Å². The van der Waals surface area contributed by atoms with E-state index in [0.29, 0.717) is 0 Å². The Morgan fingerprint density at radius 1 is 0.288 bits per heavy atom. The molecule has 0 saturated carbocycles. The van der Waals surface area contributed by atoms with Crippen LogP contribution in [0.15, 0.2) is 212 Å². The summed E-state index contributed by atoms with van der Waals surface area (Å²) in [7, 11) is 0. The van der Waals surface area contributed by atoms with Crippen LogP contribution in [0.1, 0.15) is 7.43 Å². The Bertz CT molecular complexity index is 3300. The molecule has 0 unspecified atom stereocenters. The van der Waals surface area contributed by atoms with E-state index >= 15 is 0 Å². The molecule has 3 nitrogen and oxygen atoms in total. The molecule has 0 spiro atoms. The zero-order valence-corrected chi connectivity index (χ0v) is 31.5. The lowest BCUT2D eigenvalue weighted by Gasteiger charge is -2.16.